The molecule has 1 aromatic heterocycles. The summed E-state index contributed by atoms with van der Waals surface area (Å²) in [6.07, 6.45) is 0. The van der Waals surface area contributed by atoms with Crippen molar-refractivity contribution in [3.63, 3.8) is 0 Å². The second kappa shape index (κ2) is 5.92. The molecule has 4 nitrogen and oxygen atoms in total. The highest BCUT2D eigenvalue weighted by Gasteiger charge is 2.16. The molecule has 6 heteroatoms. The van der Waals surface area contributed by atoms with Crippen LogP contribution < -0.4 is 5.32 Å². The second-order valence-electron chi connectivity index (χ2n) is 4.29. The Bertz CT molecular complexity index is 632. The maximum atomic E-state index is 14.1. The van der Waals surface area contributed by atoms with Gasteiger partial charge < -0.3 is 10.1 Å². The number of benzene rings is 1. The fourth-order valence-electron chi connectivity index (χ4n) is 1.84. The van der Waals surface area contributed by atoms with Gasteiger partial charge in [0.15, 0.2) is 5.82 Å². The zero-order chi connectivity index (χ0) is 14.7. The lowest BCUT2D eigenvalue weighted by Crippen LogP contribution is -2.04. The van der Waals surface area contributed by atoms with Crippen molar-refractivity contribution in [2.45, 2.75) is 13.5 Å². The van der Waals surface area contributed by atoms with E-state index in [1.165, 1.54) is 25.3 Å². The number of aryl methyl sites for hydroxylation is 1. The first-order valence-electron chi connectivity index (χ1n) is 6.06. The molecule has 0 saturated heterocycles. The van der Waals surface area contributed by atoms with Crippen LogP contribution in [0.3, 0.4) is 0 Å². The first kappa shape index (κ1) is 14.3. The Morgan fingerprint density at radius 3 is 2.65 bits per heavy atom. The lowest BCUT2D eigenvalue weighted by molar-refractivity contribution is 0.178. The number of aromatic nitrogens is 2. The summed E-state index contributed by atoms with van der Waals surface area (Å²) in [7, 11) is 3.18. The topological polar surface area (TPSA) is 47.0 Å². The van der Waals surface area contributed by atoms with Gasteiger partial charge in [0.25, 0.3) is 0 Å². The molecule has 0 atom stereocenters. The van der Waals surface area contributed by atoms with Gasteiger partial charge in [-0.1, -0.05) is 6.07 Å². The summed E-state index contributed by atoms with van der Waals surface area (Å²) in [5.74, 6) is -0.441. The van der Waals surface area contributed by atoms with Gasteiger partial charge in [-0.15, -0.1) is 0 Å². The molecular weight excluding hydrogens is 264 g/mol. The molecule has 0 unspecified atom stereocenters. The van der Waals surface area contributed by atoms with E-state index >= 15 is 0 Å². The quantitative estimate of drug-likeness (QED) is 0.934. The van der Waals surface area contributed by atoms with Crippen LogP contribution in [0.4, 0.5) is 14.6 Å². The van der Waals surface area contributed by atoms with Gasteiger partial charge in [0.05, 0.1) is 11.3 Å². The van der Waals surface area contributed by atoms with Crippen LogP contribution in [0.2, 0.25) is 0 Å². The van der Waals surface area contributed by atoms with Gasteiger partial charge in [-0.2, -0.15) is 0 Å². The van der Waals surface area contributed by atoms with Gasteiger partial charge in [0.2, 0.25) is 0 Å². The van der Waals surface area contributed by atoms with E-state index in [0.29, 0.717) is 17.2 Å². The van der Waals surface area contributed by atoms with Crippen molar-refractivity contribution in [1.82, 2.24) is 9.97 Å². The third-order valence-corrected chi connectivity index (χ3v) is 2.84. The molecule has 0 aliphatic heterocycles. The first-order valence-corrected chi connectivity index (χ1v) is 6.06. The summed E-state index contributed by atoms with van der Waals surface area (Å²) in [5.41, 5.74) is 0.399. The van der Waals surface area contributed by atoms with Gasteiger partial charge in [0.1, 0.15) is 24.1 Å². The number of nitrogens with one attached hydrogen (secondary N) is 1. The van der Waals surface area contributed by atoms with Crippen molar-refractivity contribution >= 4 is 5.82 Å². The normalized spacial score (nSPS) is 10.7. The van der Waals surface area contributed by atoms with Crippen LogP contribution in [0.15, 0.2) is 18.2 Å². The van der Waals surface area contributed by atoms with Crippen molar-refractivity contribution in [2.75, 3.05) is 19.5 Å². The standard InChI is InChI=1S/C14H15F2N3O/c1-8-4-5-9(15)13(14(8)16)10-6-11(17-2)19-12(18-10)7-20-3/h4-6H,7H2,1-3H3,(H,17,18,19). The summed E-state index contributed by atoms with van der Waals surface area (Å²) in [4.78, 5) is 8.30. The largest absolute Gasteiger partial charge is 0.377 e. The predicted octanol–water partition coefficient (Wildman–Crippen LogP) is 2.92. The molecule has 0 spiro atoms. The van der Waals surface area contributed by atoms with Crippen molar-refractivity contribution in [2.24, 2.45) is 0 Å². The maximum Gasteiger partial charge on any atom is 0.157 e. The second-order valence-corrected chi connectivity index (χ2v) is 4.29. The van der Waals surface area contributed by atoms with Gasteiger partial charge in [-0.05, 0) is 18.6 Å². The minimum Gasteiger partial charge on any atom is -0.377 e. The molecule has 1 heterocycles. The zero-order valence-corrected chi connectivity index (χ0v) is 11.5. The van der Waals surface area contributed by atoms with Crippen molar-refractivity contribution in [1.29, 1.82) is 0 Å². The van der Waals surface area contributed by atoms with Gasteiger partial charge in [0, 0.05) is 20.2 Å². The van der Waals surface area contributed by atoms with Crippen molar-refractivity contribution < 1.29 is 13.5 Å². The molecular formula is C14H15F2N3O. The average Bonchev–Trinajstić information content (AvgIpc) is 2.43. The van der Waals surface area contributed by atoms with Crippen LogP contribution >= 0.6 is 0 Å². The maximum absolute atomic E-state index is 14.1. The summed E-state index contributed by atoms with van der Waals surface area (Å²) in [6, 6.07) is 4.12. The van der Waals surface area contributed by atoms with E-state index in [-0.39, 0.29) is 17.9 Å². The molecule has 0 fully saturated rings. The zero-order valence-electron chi connectivity index (χ0n) is 11.5. The molecule has 2 aromatic rings. The monoisotopic (exact) mass is 279 g/mol. The summed E-state index contributed by atoms with van der Waals surface area (Å²) in [6.45, 7) is 1.74. The lowest BCUT2D eigenvalue weighted by atomic mass is 10.1. The number of methoxy groups -OCH3 is 1. The molecule has 1 N–H and O–H groups in total. The Morgan fingerprint density at radius 2 is 2.00 bits per heavy atom. The van der Waals surface area contributed by atoms with Crippen LogP contribution in [0.25, 0.3) is 11.3 Å². The third-order valence-electron chi connectivity index (χ3n) is 2.84. The van der Waals surface area contributed by atoms with E-state index in [1.54, 1.807) is 14.0 Å². The summed E-state index contributed by atoms with van der Waals surface area (Å²) < 4.78 is 33.0. The van der Waals surface area contributed by atoms with Crippen LogP contribution in [0.1, 0.15) is 11.4 Å². The molecule has 0 saturated carbocycles. The van der Waals surface area contributed by atoms with Crippen LogP contribution in [-0.2, 0) is 11.3 Å². The van der Waals surface area contributed by atoms with E-state index in [4.69, 9.17) is 4.74 Å². The number of rotatable bonds is 4. The van der Waals surface area contributed by atoms with Crippen LogP contribution in [0, 0.1) is 18.6 Å². The molecule has 2 rings (SSSR count). The molecule has 0 amide bonds. The molecule has 0 aliphatic rings. The molecule has 0 radical (unpaired) electrons. The number of hydrogen-bond acceptors (Lipinski definition) is 4. The minimum atomic E-state index is -0.655. The van der Waals surface area contributed by atoms with E-state index < -0.39 is 11.6 Å². The van der Waals surface area contributed by atoms with Crippen molar-refractivity contribution in [3.05, 3.63) is 41.2 Å². The molecule has 0 bridgehead atoms. The highest BCUT2D eigenvalue weighted by Crippen LogP contribution is 2.28. The Morgan fingerprint density at radius 1 is 1.25 bits per heavy atom. The Balaban J connectivity index is 2.63. The summed E-state index contributed by atoms with van der Waals surface area (Å²) >= 11 is 0. The van der Waals surface area contributed by atoms with Crippen LogP contribution in [0.5, 0.6) is 0 Å². The fourth-order valence-corrected chi connectivity index (χ4v) is 1.84. The number of nitrogens with zero attached hydrogens (tertiary/aromatic N) is 2. The number of hydrogen-bond donors (Lipinski definition) is 1. The van der Waals surface area contributed by atoms with Gasteiger partial charge in [-0.25, -0.2) is 18.7 Å². The fraction of sp³-hybridized carbons (Fsp3) is 0.286. The highest BCUT2D eigenvalue weighted by molar-refractivity contribution is 5.64. The molecule has 20 heavy (non-hydrogen) atoms. The highest BCUT2D eigenvalue weighted by atomic mass is 19.1. The lowest BCUT2D eigenvalue weighted by Gasteiger charge is -2.10. The Hall–Kier alpha value is -2.08. The predicted molar refractivity (Wildman–Crippen MR) is 72.4 cm³/mol. The van der Waals surface area contributed by atoms with E-state index in [1.807, 2.05) is 0 Å². The SMILES string of the molecule is CNc1cc(-c2c(F)ccc(C)c2F)nc(COC)n1. The number of ether oxygens (including phenoxy) is 1. The smallest absolute Gasteiger partial charge is 0.157 e. The minimum absolute atomic E-state index is 0.152. The Kier molecular flexibility index (Phi) is 4.24. The molecule has 1 aromatic carbocycles. The number of anilines is 1. The van der Waals surface area contributed by atoms with Crippen molar-refractivity contribution in [3.8, 4) is 11.3 Å². The van der Waals surface area contributed by atoms with Gasteiger partial charge in [-0.3, -0.25) is 0 Å². The van der Waals surface area contributed by atoms with Crippen LogP contribution in [-0.4, -0.2) is 24.1 Å². The first-order chi connectivity index (χ1) is 9.56. The summed E-state index contributed by atoms with van der Waals surface area (Å²) in [5, 5.41) is 2.84. The van der Waals surface area contributed by atoms with E-state index in [9.17, 15) is 8.78 Å². The van der Waals surface area contributed by atoms with E-state index in [2.05, 4.69) is 15.3 Å². The number of halogens is 2. The van der Waals surface area contributed by atoms with E-state index in [0.717, 1.165) is 0 Å². The molecule has 106 valence electrons. The molecule has 0 aliphatic carbocycles. The average molecular weight is 279 g/mol. The Labute approximate surface area is 115 Å². The van der Waals surface area contributed by atoms with Gasteiger partial charge >= 0.3 is 0 Å². The third kappa shape index (κ3) is 2.75.